The van der Waals surface area contributed by atoms with Crippen molar-refractivity contribution in [3.05, 3.63) is 0 Å². The molecule has 0 radical (unpaired) electrons. The number of rotatable bonds is 7. The van der Waals surface area contributed by atoms with Crippen LogP contribution in [-0.2, 0) is 14.3 Å². The fourth-order valence-electron chi connectivity index (χ4n) is 2.30. The molecule has 0 bridgehead atoms. The third-order valence-electron chi connectivity index (χ3n) is 3.57. The molecule has 1 heterocycles. The Kier molecular flexibility index (Phi) is 6.41. The lowest BCUT2D eigenvalue weighted by Crippen LogP contribution is -2.51. The van der Waals surface area contributed by atoms with Crippen molar-refractivity contribution in [3.8, 4) is 0 Å². The number of likely N-dealkylation sites (N-methyl/N-ethyl adjacent to an activating group) is 1. The van der Waals surface area contributed by atoms with Crippen LogP contribution in [-0.4, -0.2) is 72.2 Å². The molecule has 8 heteroatoms. The molecule has 120 valence electrons. The Labute approximate surface area is 123 Å². The van der Waals surface area contributed by atoms with Crippen LogP contribution < -0.4 is 5.73 Å². The van der Waals surface area contributed by atoms with E-state index >= 15 is 0 Å². The van der Waals surface area contributed by atoms with Crippen LogP contribution in [0.5, 0.6) is 0 Å². The van der Waals surface area contributed by atoms with E-state index in [1.165, 1.54) is 16.8 Å². The maximum absolute atomic E-state index is 12.4. The number of primary amides is 1. The normalized spacial score (nSPS) is 21.0. The molecule has 2 unspecified atom stereocenters. The molecule has 3 amide bonds. The zero-order valence-corrected chi connectivity index (χ0v) is 12.4. The van der Waals surface area contributed by atoms with E-state index in [0.717, 1.165) is 12.8 Å². The number of amides is 3. The lowest BCUT2D eigenvalue weighted by molar-refractivity contribution is -0.142. The van der Waals surface area contributed by atoms with Crippen molar-refractivity contribution in [1.29, 1.82) is 0 Å². The van der Waals surface area contributed by atoms with Crippen molar-refractivity contribution < 1.29 is 24.2 Å². The van der Waals surface area contributed by atoms with Gasteiger partial charge in [-0.3, -0.25) is 9.59 Å². The minimum atomic E-state index is -0.993. The van der Waals surface area contributed by atoms with Gasteiger partial charge >= 0.3 is 12.0 Å². The van der Waals surface area contributed by atoms with Crippen molar-refractivity contribution in [1.82, 2.24) is 9.80 Å². The lowest BCUT2D eigenvalue weighted by atomic mass is 10.0. The number of urea groups is 1. The SMILES string of the molecule is CCCCN(CC(N)=O)C(=O)N(C)C1COCC1C(=O)O. The van der Waals surface area contributed by atoms with Crippen molar-refractivity contribution in [3.63, 3.8) is 0 Å². The van der Waals surface area contributed by atoms with E-state index < -0.39 is 29.9 Å². The first kappa shape index (κ1) is 17.2. The molecule has 0 aliphatic carbocycles. The van der Waals surface area contributed by atoms with E-state index in [9.17, 15) is 14.4 Å². The number of nitrogens with two attached hydrogens (primary N) is 1. The molecule has 8 nitrogen and oxygen atoms in total. The summed E-state index contributed by atoms with van der Waals surface area (Å²) >= 11 is 0. The number of nitrogens with zero attached hydrogens (tertiary/aromatic N) is 2. The Morgan fingerprint density at radius 1 is 1.33 bits per heavy atom. The maximum atomic E-state index is 12.4. The third-order valence-corrected chi connectivity index (χ3v) is 3.57. The fourth-order valence-corrected chi connectivity index (χ4v) is 2.30. The number of hydrogen-bond donors (Lipinski definition) is 2. The molecule has 0 aromatic rings. The Morgan fingerprint density at radius 3 is 2.52 bits per heavy atom. The first-order valence-electron chi connectivity index (χ1n) is 6.99. The number of ether oxygens (including phenoxy) is 1. The predicted octanol–water partition coefficient (Wildman–Crippen LogP) is -0.275. The average Bonchev–Trinajstić information content (AvgIpc) is 2.90. The highest BCUT2D eigenvalue weighted by atomic mass is 16.5. The summed E-state index contributed by atoms with van der Waals surface area (Å²) in [5.41, 5.74) is 5.16. The second kappa shape index (κ2) is 7.82. The smallest absolute Gasteiger partial charge is 0.320 e. The highest BCUT2D eigenvalue weighted by Gasteiger charge is 2.39. The summed E-state index contributed by atoms with van der Waals surface area (Å²) in [6.07, 6.45) is 1.62. The Balaban J connectivity index is 2.76. The van der Waals surface area contributed by atoms with E-state index in [-0.39, 0.29) is 19.8 Å². The minimum absolute atomic E-state index is 0.0857. The van der Waals surface area contributed by atoms with Gasteiger partial charge in [-0.25, -0.2) is 4.79 Å². The van der Waals surface area contributed by atoms with E-state index in [0.29, 0.717) is 6.54 Å². The summed E-state index contributed by atoms with van der Waals surface area (Å²) in [7, 11) is 1.53. The van der Waals surface area contributed by atoms with Gasteiger partial charge in [0.15, 0.2) is 0 Å². The van der Waals surface area contributed by atoms with Gasteiger partial charge < -0.3 is 25.4 Å². The highest BCUT2D eigenvalue weighted by molar-refractivity contribution is 5.83. The Bertz CT molecular complexity index is 401. The van der Waals surface area contributed by atoms with E-state index in [2.05, 4.69) is 0 Å². The molecule has 0 aromatic carbocycles. The van der Waals surface area contributed by atoms with Crippen molar-refractivity contribution >= 4 is 17.9 Å². The largest absolute Gasteiger partial charge is 0.481 e. The second-order valence-corrected chi connectivity index (χ2v) is 5.18. The number of carbonyl (C=O) groups is 3. The highest BCUT2D eigenvalue weighted by Crippen LogP contribution is 2.20. The quantitative estimate of drug-likeness (QED) is 0.671. The standard InChI is InChI=1S/C13H23N3O5/c1-3-4-5-16(6-11(14)17)13(20)15(2)10-8-21-7-9(10)12(18)19/h9-10H,3-8H2,1-2H3,(H2,14,17)(H,18,19). The van der Waals surface area contributed by atoms with Gasteiger partial charge in [0.2, 0.25) is 5.91 Å². The van der Waals surface area contributed by atoms with E-state index in [1.54, 1.807) is 0 Å². The monoisotopic (exact) mass is 301 g/mol. The minimum Gasteiger partial charge on any atom is -0.481 e. The first-order chi connectivity index (χ1) is 9.88. The Morgan fingerprint density at radius 2 is 2.00 bits per heavy atom. The number of unbranched alkanes of at least 4 members (excludes halogenated alkanes) is 1. The van der Waals surface area contributed by atoms with Crippen LogP contribution in [0.2, 0.25) is 0 Å². The molecule has 0 spiro atoms. The van der Waals surface area contributed by atoms with E-state index in [1.807, 2.05) is 6.92 Å². The van der Waals surface area contributed by atoms with Crippen molar-refractivity contribution in [2.24, 2.45) is 11.7 Å². The number of aliphatic carboxylic acids is 1. The maximum Gasteiger partial charge on any atom is 0.320 e. The van der Waals surface area contributed by atoms with Gasteiger partial charge in [-0.1, -0.05) is 13.3 Å². The van der Waals surface area contributed by atoms with Crippen molar-refractivity contribution in [2.45, 2.75) is 25.8 Å². The van der Waals surface area contributed by atoms with Crippen LogP contribution in [0.3, 0.4) is 0 Å². The summed E-state index contributed by atoms with van der Waals surface area (Å²) in [5, 5.41) is 9.13. The van der Waals surface area contributed by atoms with Gasteiger partial charge in [0, 0.05) is 13.6 Å². The predicted molar refractivity (Wildman–Crippen MR) is 74.6 cm³/mol. The van der Waals surface area contributed by atoms with Gasteiger partial charge in [0.25, 0.3) is 0 Å². The van der Waals surface area contributed by atoms with Gasteiger partial charge in [-0.2, -0.15) is 0 Å². The molecule has 1 rings (SSSR count). The summed E-state index contributed by atoms with van der Waals surface area (Å²) < 4.78 is 5.16. The van der Waals surface area contributed by atoms with Crippen LogP contribution >= 0.6 is 0 Å². The molecule has 1 aliphatic heterocycles. The molecular formula is C13H23N3O5. The van der Waals surface area contributed by atoms with Crippen LogP contribution in [0, 0.1) is 5.92 Å². The van der Waals surface area contributed by atoms with E-state index in [4.69, 9.17) is 15.6 Å². The molecule has 3 N–H and O–H groups in total. The summed E-state index contributed by atoms with van der Waals surface area (Å²) in [6, 6.07) is -0.934. The number of hydrogen-bond acceptors (Lipinski definition) is 4. The summed E-state index contributed by atoms with van der Waals surface area (Å²) in [5.74, 6) is -2.34. The van der Waals surface area contributed by atoms with Gasteiger partial charge in [0.1, 0.15) is 12.5 Å². The summed E-state index contributed by atoms with van der Waals surface area (Å²) in [4.78, 5) is 37.4. The first-order valence-corrected chi connectivity index (χ1v) is 6.99. The lowest BCUT2D eigenvalue weighted by Gasteiger charge is -2.32. The van der Waals surface area contributed by atoms with Crippen LogP contribution in [0.15, 0.2) is 0 Å². The summed E-state index contributed by atoms with van der Waals surface area (Å²) in [6.45, 7) is 2.48. The molecule has 0 saturated carbocycles. The number of carboxylic acid groups (broad SMARTS) is 1. The number of carboxylic acids is 1. The molecular weight excluding hydrogens is 278 g/mol. The molecule has 1 saturated heterocycles. The van der Waals surface area contributed by atoms with Crippen LogP contribution in [0.1, 0.15) is 19.8 Å². The van der Waals surface area contributed by atoms with Gasteiger partial charge in [0.05, 0.1) is 19.3 Å². The molecule has 2 atom stereocenters. The van der Waals surface area contributed by atoms with Gasteiger partial charge in [-0.05, 0) is 6.42 Å². The van der Waals surface area contributed by atoms with Gasteiger partial charge in [-0.15, -0.1) is 0 Å². The molecule has 21 heavy (non-hydrogen) atoms. The molecule has 0 aromatic heterocycles. The third kappa shape index (κ3) is 4.59. The fraction of sp³-hybridized carbons (Fsp3) is 0.769. The van der Waals surface area contributed by atoms with Crippen LogP contribution in [0.4, 0.5) is 4.79 Å². The Hall–Kier alpha value is -1.83. The average molecular weight is 301 g/mol. The van der Waals surface area contributed by atoms with Crippen molar-refractivity contribution in [2.75, 3.05) is 33.4 Å². The van der Waals surface area contributed by atoms with Crippen LogP contribution in [0.25, 0.3) is 0 Å². The number of carbonyl (C=O) groups excluding carboxylic acids is 2. The topological polar surface area (TPSA) is 113 Å². The molecule has 1 fully saturated rings. The molecule has 1 aliphatic rings. The zero-order valence-electron chi connectivity index (χ0n) is 12.4. The second-order valence-electron chi connectivity index (χ2n) is 5.18. The zero-order chi connectivity index (χ0) is 16.0.